The Hall–Kier alpha value is -3.32. The largest absolute Gasteiger partial charge is 0.497 e. The molecule has 7 nitrogen and oxygen atoms in total. The summed E-state index contributed by atoms with van der Waals surface area (Å²) in [6, 6.07) is 10.8. The van der Waals surface area contributed by atoms with Crippen molar-refractivity contribution in [2.24, 2.45) is 5.73 Å². The summed E-state index contributed by atoms with van der Waals surface area (Å²) >= 11 is 0. The monoisotopic (exact) mass is 379 g/mol. The van der Waals surface area contributed by atoms with E-state index in [1.54, 1.807) is 25.3 Å². The molecule has 0 radical (unpaired) electrons. The zero-order valence-corrected chi connectivity index (χ0v) is 15.5. The number of primary amides is 1. The predicted molar refractivity (Wildman–Crippen MR) is 105 cm³/mol. The van der Waals surface area contributed by atoms with E-state index in [-0.39, 0.29) is 12.2 Å². The summed E-state index contributed by atoms with van der Waals surface area (Å²) in [4.78, 5) is 27.6. The van der Waals surface area contributed by atoms with Crippen LogP contribution in [0.4, 0.5) is 0 Å². The SMILES string of the molecule is COc1ccc2[nH]cc(CC(=O)C3CNCc4ccc(C(N)=O)cc4O3)c2c1. The third kappa shape index (κ3) is 3.44. The Morgan fingerprint density at radius 3 is 2.89 bits per heavy atom. The highest BCUT2D eigenvalue weighted by molar-refractivity contribution is 5.94. The number of hydrogen-bond donors (Lipinski definition) is 3. The maximum Gasteiger partial charge on any atom is 0.248 e. The Bertz CT molecular complexity index is 1060. The van der Waals surface area contributed by atoms with E-state index in [0.29, 0.717) is 24.4 Å². The number of nitrogens with two attached hydrogens (primary N) is 1. The van der Waals surface area contributed by atoms with Crippen LogP contribution in [0.1, 0.15) is 21.5 Å². The number of benzene rings is 2. The maximum atomic E-state index is 12.9. The van der Waals surface area contributed by atoms with Crippen LogP contribution in [-0.4, -0.2) is 36.4 Å². The number of fused-ring (bicyclic) bond motifs is 2. The molecule has 3 aromatic rings. The van der Waals surface area contributed by atoms with Gasteiger partial charge in [-0.1, -0.05) is 6.07 Å². The molecule has 1 aliphatic rings. The van der Waals surface area contributed by atoms with Gasteiger partial charge in [0.2, 0.25) is 5.91 Å². The average Bonchev–Trinajstić information content (AvgIpc) is 2.96. The highest BCUT2D eigenvalue weighted by Gasteiger charge is 2.25. The van der Waals surface area contributed by atoms with E-state index in [1.165, 1.54) is 0 Å². The normalized spacial score (nSPS) is 16.1. The topological polar surface area (TPSA) is 106 Å². The number of ketones is 1. The molecule has 7 heteroatoms. The molecule has 4 N–H and O–H groups in total. The van der Waals surface area contributed by atoms with Gasteiger partial charge in [0, 0.05) is 47.7 Å². The average molecular weight is 379 g/mol. The number of nitrogens with one attached hydrogen (secondary N) is 2. The summed E-state index contributed by atoms with van der Waals surface area (Å²) in [6.07, 6.45) is 1.41. The number of amides is 1. The first kappa shape index (κ1) is 18.1. The molecule has 4 rings (SSSR count). The lowest BCUT2D eigenvalue weighted by molar-refractivity contribution is -0.124. The summed E-state index contributed by atoms with van der Waals surface area (Å²) in [7, 11) is 1.61. The van der Waals surface area contributed by atoms with Crippen LogP contribution in [0.25, 0.3) is 10.9 Å². The van der Waals surface area contributed by atoms with Crippen LogP contribution in [0.5, 0.6) is 11.5 Å². The molecule has 0 spiro atoms. The Kier molecular flexibility index (Phi) is 4.75. The fraction of sp³-hybridized carbons (Fsp3) is 0.238. The molecule has 0 fully saturated rings. The predicted octanol–water partition coefficient (Wildman–Crippen LogP) is 1.94. The van der Waals surface area contributed by atoms with Crippen LogP contribution in [0.3, 0.4) is 0 Å². The van der Waals surface area contributed by atoms with Crippen LogP contribution in [0.15, 0.2) is 42.6 Å². The fourth-order valence-corrected chi connectivity index (χ4v) is 3.41. The van der Waals surface area contributed by atoms with Gasteiger partial charge in [-0.15, -0.1) is 0 Å². The van der Waals surface area contributed by atoms with Gasteiger partial charge in [-0.2, -0.15) is 0 Å². The number of ether oxygens (including phenoxy) is 2. The van der Waals surface area contributed by atoms with Crippen LogP contribution >= 0.6 is 0 Å². The van der Waals surface area contributed by atoms with Gasteiger partial charge in [-0.25, -0.2) is 0 Å². The van der Waals surface area contributed by atoms with Crippen LogP contribution < -0.4 is 20.5 Å². The van der Waals surface area contributed by atoms with E-state index < -0.39 is 12.0 Å². The highest BCUT2D eigenvalue weighted by Crippen LogP contribution is 2.26. The number of hydrogen-bond acceptors (Lipinski definition) is 5. The molecule has 2 heterocycles. The first-order chi connectivity index (χ1) is 13.5. The number of H-pyrrole nitrogens is 1. The minimum Gasteiger partial charge on any atom is -0.497 e. The lowest BCUT2D eigenvalue weighted by atomic mass is 10.0. The van der Waals surface area contributed by atoms with Gasteiger partial charge < -0.3 is 25.5 Å². The third-order valence-corrected chi connectivity index (χ3v) is 4.96. The minimum atomic E-state index is -0.653. The maximum absolute atomic E-state index is 12.9. The Labute approximate surface area is 161 Å². The number of aromatic nitrogens is 1. The summed E-state index contributed by atoms with van der Waals surface area (Å²) in [5, 5.41) is 4.18. The summed E-state index contributed by atoms with van der Waals surface area (Å²) in [6.45, 7) is 0.952. The number of rotatable bonds is 5. The molecular weight excluding hydrogens is 358 g/mol. The second-order valence-corrected chi connectivity index (χ2v) is 6.79. The molecule has 28 heavy (non-hydrogen) atoms. The van der Waals surface area contributed by atoms with E-state index in [9.17, 15) is 9.59 Å². The lowest BCUT2D eigenvalue weighted by Crippen LogP contribution is -2.36. The first-order valence-corrected chi connectivity index (χ1v) is 9.02. The molecule has 0 aliphatic carbocycles. The Balaban J connectivity index is 1.57. The first-order valence-electron chi connectivity index (χ1n) is 9.02. The van der Waals surface area contributed by atoms with Gasteiger partial charge in [-0.3, -0.25) is 9.59 Å². The summed E-state index contributed by atoms with van der Waals surface area (Å²) in [5.74, 6) is 0.675. The molecule has 1 aromatic heterocycles. The number of Topliss-reactive ketones (excluding diaryl/α,β-unsaturated/α-hetero) is 1. The van der Waals surface area contributed by atoms with Crippen molar-refractivity contribution in [3.8, 4) is 11.5 Å². The van der Waals surface area contributed by atoms with Gasteiger partial charge in [0.1, 0.15) is 11.5 Å². The second kappa shape index (κ2) is 7.36. The van der Waals surface area contributed by atoms with E-state index in [0.717, 1.165) is 27.8 Å². The van der Waals surface area contributed by atoms with Crippen molar-refractivity contribution < 1.29 is 19.1 Å². The number of carbonyl (C=O) groups excluding carboxylic acids is 2. The number of methoxy groups -OCH3 is 1. The van der Waals surface area contributed by atoms with Gasteiger partial charge in [-0.05, 0) is 35.9 Å². The van der Waals surface area contributed by atoms with Crippen LogP contribution in [0.2, 0.25) is 0 Å². The highest BCUT2D eigenvalue weighted by atomic mass is 16.5. The van der Waals surface area contributed by atoms with Crippen LogP contribution in [0, 0.1) is 0 Å². The second-order valence-electron chi connectivity index (χ2n) is 6.79. The third-order valence-electron chi connectivity index (χ3n) is 4.96. The molecule has 1 atom stereocenters. The van der Waals surface area contributed by atoms with Gasteiger partial charge in [0.15, 0.2) is 11.9 Å². The zero-order chi connectivity index (χ0) is 19.7. The minimum absolute atomic E-state index is 0.0476. The van der Waals surface area contributed by atoms with Crippen molar-refractivity contribution in [1.29, 1.82) is 0 Å². The van der Waals surface area contributed by atoms with E-state index in [2.05, 4.69) is 10.3 Å². The molecule has 144 valence electrons. The van der Waals surface area contributed by atoms with Crippen molar-refractivity contribution in [3.05, 3.63) is 59.3 Å². The standard InChI is InChI=1S/C21H21N3O4/c1-27-15-4-5-17-16(8-15)14(10-24-17)6-18(25)20-11-23-9-13-3-2-12(21(22)26)7-19(13)28-20/h2-5,7-8,10,20,23-24H,6,9,11H2,1H3,(H2,22,26). The lowest BCUT2D eigenvalue weighted by Gasteiger charge is -2.16. The van der Waals surface area contributed by atoms with Gasteiger partial charge in [0.25, 0.3) is 0 Å². The summed E-state index contributed by atoms with van der Waals surface area (Å²) in [5.41, 5.74) is 8.43. The molecule has 0 saturated carbocycles. The van der Waals surface area contributed by atoms with Crippen molar-refractivity contribution in [1.82, 2.24) is 10.3 Å². The van der Waals surface area contributed by atoms with Gasteiger partial charge in [0.05, 0.1) is 7.11 Å². The van der Waals surface area contributed by atoms with E-state index >= 15 is 0 Å². The van der Waals surface area contributed by atoms with E-state index in [1.807, 2.05) is 24.4 Å². The summed E-state index contributed by atoms with van der Waals surface area (Å²) < 4.78 is 11.2. The van der Waals surface area contributed by atoms with Crippen molar-refractivity contribution in [2.45, 2.75) is 19.1 Å². The molecule has 0 bridgehead atoms. The zero-order valence-electron chi connectivity index (χ0n) is 15.5. The fourth-order valence-electron chi connectivity index (χ4n) is 3.41. The molecule has 1 unspecified atom stereocenters. The van der Waals surface area contributed by atoms with Crippen molar-refractivity contribution in [2.75, 3.05) is 13.7 Å². The van der Waals surface area contributed by atoms with Crippen molar-refractivity contribution in [3.63, 3.8) is 0 Å². The Morgan fingerprint density at radius 1 is 1.25 bits per heavy atom. The van der Waals surface area contributed by atoms with Gasteiger partial charge >= 0.3 is 0 Å². The molecule has 2 aromatic carbocycles. The smallest absolute Gasteiger partial charge is 0.248 e. The van der Waals surface area contributed by atoms with Crippen LogP contribution in [-0.2, 0) is 17.8 Å². The number of carbonyl (C=O) groups is 2. The number of aromatic amines is 1. The van der Waals surface area contributed by atoms with Crippen molar-refractivity contribution >= 4 is 22.6 Å². The quantitative estimate of drug-likeness (QED) is 0.628. The molecular formula is C21H21N3O4. The Morgan fingerprint density at radius 2 is 2.11 bits per heavy atom. The molecule has 1 amide bonds. The van der Waals surface area contributed by atoms with E-state index in [4.69, 9.17) is 15.2 Å². The molecule has 1 aliphatic heterocycles. The molecule has 0 saturated heterocycles.